The third kappa shape index (κ3) is 1.47. The van der Waals surface area contributed by atoms with E-state index in [1.165, 1.54) is 0 Å². The second-order valence-electron chi connectivity index (χ2n) is 3.26. The zero-order valence-electron chi connectivity index (χ0n) is 7.22. The van der Waals surface area contributed by atoms with E-state index in [1.807, 2.05) is 18.3 Å². The van der Waals surface area contributed by atoms with Crippen molar-refractivity contribution in [3.63, 3.8) is 0 Å². The lowest BCUT2D eigenvalue weighted by atomic mass is 9.94. The standard InChI is InChI=1S/C10H9Cl2N/c1-6-4-13-5-7-2-3-8(11)10(12)9(6)7/h2-3,5-6H,4H2,1H3. The maximum absolute atomic E-state index is 6.11. The summed E-state index contributed by atoms with van der Waals surface area (Å²) in [6.45, 7) is 2.91. The predicted octanol–water partition coefficient (Wildman–Crippen LogP) is 3.53. The molecule has 0 spiro atoms. The first kappa shape index (κ1) is 9.04. The molecule has 1 aromatic carbocycles. The van der Waals surface area contributed by atoms with E-state index in [2.05, 4.69) is 11.9 Å². The van der Waals surface area contributed by atoms with E-state index in [9.17, 15) is 0 Å². The minimum Gasteiger partial charge on any atom is -0.292 e. The van der Waals surface area contributed by atoms with Crippen LogP contribution >= 0.6 is 23.2 Å². The molecule has 1 unspecified atom stereocenters. The van der Waals surface area contributed by atoms with Gasteiger partial charge in [-0.15, -0.1) is 0 Å². The van der Waals surface area contributed by atoms with E-state index < -0.39 is 0 Å². The van der Waals surface area contributed by atoms with Gasteiger partial charge >= 0.3 is 0 Å². The van der Waals surface area contributed by atoms with Gasteiger partial charge in [-0.1, -0.05) is 36.2 Å². The topological polar surface area (TPSA) is 12.4 Å². The first-order chi connectivity index (χ1) is 6.20. The van der Waals surface area contributed by atoms with E-state index in [-0.39, 0.29) is 0 Å². The Balaban J connectivity index is 2.66. The highest BCUT2D eigenvalue weighted by Crippen LogP contribution is 2.34. The number of fused-ring (bicyclic) bond motifs is 1. The van der Waals surface area contributed by atoms with E-state index in [1.54, 1.807) is 0 Å². The summed E-state index contributed by atoms with van der Waals surface area (Å²) in [5.74, 6) is 0.367. The molecule has 0 fully saturated rings. The molecule has 0 N–H and O–H groups in total. The molecule has 13 heavy (non-hydrogen) atoms. The van der Waals surface area contributed by atoms with Gasteiger partial charge in [-0.2, -0.15) is 0 Å². The molecule has 0 amide bonds. The number of halogens is 2. The molecular weight excluding hydrogens is 205 g/mol. The minimum atomic E-state index is 0.367. The van der Waals surface area contributed by atoms with Gasteiger partial charge in [0.1, 0.15) is 0 Å². The first-order valence-corrected chi connectivity index (χ1v) is 4.93. The smallest absolute Gasteiger partial charge is 0.0634 e. The van der Waals surface area contributed by atoms with Crippen molar-refractivity contribution in [3.05, 3.63) is 33.3 Å². The molecule has 1 aliphatic rings. The Labute approximate surface area is 87.4 Å². The van der Waals surface area contributed by atoms with Crippen molar-refractivity contribution in [1.82, 2.24) is 0 Å². The second-order valence-corrected chi connectivity index (χ2v) is 4.04. The van der Waals surface area contributed by atoms with Crippen LogP contribution in [-0.4, -0.2) is 12.8 Å². The predicted molar refractivity (Wildman–Crippen MR) is 57.3 cm³/mol. The van der Waals surface area contributed by atoms with Crippen molar-refractivity contribution in [2.75, 3.05) is 6.54 Å². The lowest BCUT2D eigenvalue weighted by Crippen LogP contribution is -2.08. The Morgan fingerprint density at radius 1 is 1.38 bits per heavy atom. The fourth-order valence-electron chi connectivity index (χ4n) is 1.60. The van der Waals surface area contributed by atoms with Gasteiger partial charge in [-0.3, -0.25) is 4.99 Å². The van der Waals surface area contributed by atoms with Crippen molar-refractivity contribution >= 4 is 29.4 Å². The fraction of sp³-hybridized carbons (Fsp3) is 0.300. The van der Waals surface area contributed by atoms with Crippen molar-refractivity contribution in [1.29, 1.82) is 0 Å². The quantitative estimate of drug-likeness (QED) is 0.626. The molecule has 3 heteroatoms. The van der Waals surface area contributed by atoms with Crippen molar-refractivity contribution in [2.24, 2.45) is 4.99 Å². The van der Waals surface area contributed by atoms with Crippen molar-refractivity contribution < 1.29 is 0 Å². The largest absolute Gasteiger partial charge is 0.292 e. The normalized spacial score (nSPS) is 20.1. The number of hydrogen-bond acceptors (Lipinski definition) is 1. The summed E-state index contributed by atoms with van der Waals surface area (Å²) in [5.41, 5.74) is 2.22. The summed E-state index contributed by atoms with van der Waals surface area (Å²) in [6, 6.07) is 3.77. The van der Waals surface area contributed by atoms with E-state index >= 15 is 0 Å². The molecule has 2 rings (SSSR count). The molecular formula is C10H9Cl2N. The zero-order valence-corrected chi connectivity index (χ0v) is 8.73. The number of nitrogens with zero attached hydrogens (tertiary/aromatic N) is 1. The number of hydrogen-bond donors (Lipinski definition) is 0. The average Bonchev–Trinajstić information content (AvgIpc) is 2.12. The highest BCUT2D eigenvalue weighted by molar-refractivity contribution is 6.42. The average molecular weight is 214 g/mol. The van der Waals surface area contributed by atoms with Crippen molar-refractivity contribution in [3.8, 4) is 0 Å². The van der Waals surface area contributed by atoms with Gasteiger partial charge in [-0.05, 0) is 17.2 Å². The number of aliphatic imine (C=N–C) groups is 1. The number of benzene rings is 1. The SMILES string of the molecule is CC1CN=Cc2ccc(Cl)c(Cl)c21. The summed E-state index contributed by atoms with van der Waals surface area (Å²) in [5, 5.41) is 1.31. The van der Waals surface area contributed by atoms with Crippen LogP contribution in [0.4, 0.5) is 0 Å². The molecule has 0 aliphatic carbocycles. The molecule has 0 bridgehead atoms. The minimum absolute atomic E-state index is 0.367. The lowest BCUT2D eigenvalue weighted by Gasteiger charge is -2.18. The zero-order chi connectivity index (χ0) is 9.42. The van der Waals surface area contributed by atoms with Crippen LogP contribution in [0.3, 0.4) is 0 Å². The van der Waals surface area contributed by atoms with Crippen LogP contribution in [0.2, 0.25) is 10.0 Å². The summed E-state index contributed by atoms with van der Waals surface area (Å²) >= 11 is 12.0. The van der Waals surface area contributed by atoms with Crippen LogP contribution in [0, 0.1) is 0 Å². The Kier molecular flexibility index (Phi) is 2.31. The highest BCUT2D eigenvalue weighted by atomic mass is 35.5. The molecule has 1 nitrogen and oxygen atoms in total. The fourth-order valence-corrected chi connectivity index (χ4v) is 2.12. The van der Waals surface area contributed by atoms with Crippen LogP contribution in [0.25, 0.3) is 0 Å². The molecule has 0 saturated carbocycles. The molecule has 0 aromatic heterocycles. The van der Waals surface area contributed by atoms with Gasteiger partial charge in [0.05, 0.1) is 10.0 Å². The van der Waals surface area contributed by atoms with Crippen molar-refractivity contribution in [2.45, 2.75) is 12.8 Å². The molecule has 1 aromatic rings. The summed E-state index contributed by atoms with van der Waals surface area (Å²) < 4.78 is 0. The molecule has 0 radical (unpaired) electrons. The van der Waals surface area contributed by atoms with E-state index in [4.69, 9.17) is 23.2 Å². The Morgan fingerprint density at radius 2 is 2.15 bits per heavy atom. The van der Waals surface area contributed by atoms with Crippen LogP contribution < -0.4 is 0 Å². The third-order valence-corrected chi connectivity index (χ3v) is 3.09. The molecule has 1 heterocycles. The first-order valence-electron chi connectivity index (χ1n) is 4.18. The summed E-state index contributed by atoms with van der Waals surface area (Å²) in [7, 11) is 0. The van der Waals surface area contributed by atoms with Crippen LogP contribution in [-0.2, 0) is 0 Å². The van der Waals surface area contributed by atoms with Gasteiger partial charge in [-0.25, -0.2) is 0 Å². The Hall–Kier alpha value is -0.530. The van der Waals surface area contributed by atoms with Crippen LogP contribution in [0.15, 0.2) is 17.1 Å². The van der Waals surface area contributed by atoms with E-state index in [0.29, 0.717) is 16.0 Å². The van der Waals surface area contributed by atoms with Gasteiger partial charge in [0.2, 0.25) is 0 Å². The monoisotopic (exact) mass is 213 g/mol. The maximum atomic E-state index is 6.11. The Morgan fingerprint density at radius 3 is 2.92 bits per heavy atom. The maximum Gasteiger partial charge on any atom is 0.0634 e. The van der Waals surface area contributed by atoms with Crippen LogP contribution in [0.1, 0.15) is 24.0 Å². The number of rotatable bonds is 0. The van der Waals surface area contributed by atoms with Gasteiger partial charge in [0, 0.05) is 18.7 Å². The molecule has 1 atom stereocenters. The molecule has 1 aliphatic heterocycles. The molecule has 68 valence electrons. The third-order valence-electron chi connectivity index (χ3n) is 2.27. The lowest BCUT2D eigenvalue weighted by molar-refractivity contribution is 0.765. The molecule has 0 saturated heterocycles. The summed E-state index contributed by atoms with van der Waals surface area (Å²) in [4.78, 5) is 4.24. The second kappa shape index (κ2) is 3.32. The van der Waals surface area contributed by atoms with Gasteiger partial charge < -0.3 is 0 Å². The Bertz CT molecular complexity index is 371. The highest BCUT2D eigenvalue weighted by Gasteiger charge is 2.18. The van der Waals surface area contributed by atoms with Gasteiger partial charge in [0.15, 0.2) is 0 Å². The van der Waals surface area contributed by atoms with E-state index in [0.717, 1.165) is 17.7 Å². The van der Waals surface area contributed by atoms with Crippen LogP contribution in [0.5, 0.6) is 0 Å². The van der Waals surface area contributed by atoms with Gasteiger partial charge in [0.25, 0.3) is 0 Å². The summed E-state index contributed by atoms with van der Waals surface area (Å²) in [6.07, 6.45) is 1.86.